The van der Waals surface area contributed by atoms with Crippen LogP contribution in [-0.2, 0) is 16.1 Å². The molecular formula is C20H25N3O2S. The van der Waals surface area contributed by atoms with E-state index in [1.807, 2.05) is 17.5 Å². The van der Waals surface area contributed by atoms with E-state index in [1.54, 1.807) is 18.3 Å². The van der Waals surface area contributed by atoms with Gasteiger partial charge in [-0.15, -0.1) is 11.3 Å². The second-order valence-corrected chi connectivity index (χ2v) is 7.91. The first-order chi connectivity index (χ1) is 12.5. The minimum atomic E-state index is -0.0314. The molecular weight excluding hydrogens is 346 g/mol. The Hall–Kier alpha value is -2.18. The zero-order valence-corrected chi connectivity index (χ0v) is 16.0. The molecule has 1 aromatic carbocycles. The van der Waals surface area contributed by atoms with Gasteiger partial charge in [0.15, 0.2) is 0 Å². The first kappa shape index (κ1) is 18.6. The smallest absolute Gasteiger partial charge is 0.234 e. The average Bonchev–Trinajstić information content (AvgIpc) is 3.23. The van der Waals surface area contributed by atoms with Crippen LogP contribution in [0.2, 0.25) is 0 Å². The highest BCUT2D eigenvalue weighted by Gasteiger charge is 2.35. The van der Waals surface area contributed by atoms with Gasteiger partial charge in [-0.2, -0.15) is 0 Å². The molecule has 6 heteroatoms. The van der Waals surface area contributed by atoms with E-state index in [0.29, 0.717) is 19.6 Å². The number of benzene rings is 1. The topological polar surface area (TPSA) is 61.4 Å². The van der Waals surface area contributed by atoms with Crippen LogP contribution in [0.3, 0.4) is 0 Å². The van der Waals surface area contributed by atoms with Crippen molar-refractivity contribution >= 4 is 23.2 Å². The maximum atomic E-state index is 12.3. The third-order valence-corrected chi connectivity index (χ3v) is 5.57. The number of aryl methyl sites for hydroxylation is 1. The molecule has 0 spiro atoms. The second kappa shape index (κ2) is 8.47. The number of carbonyl (C=O) groups is 2. The van der Waals surface area contributed by atoms with Crippen molar-refractivity contribution in [1.82, 2.24) is 15.5 Å². The van der Waals surface area contributed by atoms with Gasteiger partial charge in [0.2, 0.25) is 11.8 Å². The third kappa shape index (κ3) is 4.93. The molecule has 0 aliphatic carbocycles. The van der Waals surface area contributed by atoms with Crippen molar-refractivity contribution in [2.45, 2.75) is 32.4 Å². The molecule has 1 saturated heterocycles. The molecule has 0 saturated carbocycles. The predicted octanol–water partition coefficient (Wildman–Crippen LogP) is 2.28. The number of nitrogens with zero attached hydrogens (tertiary/aromatic N) is 1. The van der Waals surface area contributed by atoms with Crippen molar-refractivity contribution in [3.8, 4) is 0 Å². The second-order valence-electron chi connectivity index (χ2n) is 6.87. The van der Waals surface area contributed by atoms with Crippen LogP contribution in [0, 0.1) is 6.92 Å². The molecule has 0 radical (unpaired) electrons. The molecule has 1 aliphatic rings. The van der Waals surface area contributed by atoms with Crippen molar-refractivity contribution in [2.75, 3.05) is 19.6 Å². The summed E-state index contributed by atoms with van der Waals surface area (Å²) in [5.74, 6) is 0.185. The van der Waals surface area contributed by atoms with E-state index in [4.69, 9.17) is 0 Å². The molecule has 2 atom stereocenters. The summed E-state index contributed by atoms with van der Waals surface area (Å²) < 4.78 is 0. The highest BCUT2D eigenvalue weighted by Crippen LogP contribution is 2.28. The Kier molecular flexibility index (Phi) is 6.06. The van der Waals surface area contributed by atoms with Crippen molar-refractivity contribution in [2.24, 2.45) is 0 Å². The number of rotatable bonds is 6. The van der Waals surface area contributed by atoms with Crippen LogP contribution in [0.4, 0.5) is 0 Å². The fourth-order valence-corrected chi connectivity index (χ4v) is 4.08. The van der Waals surface area contributed by atoms with Gasteiger partial charge < -0.3 is 10.6 Å². The van der Waals surface area contributed by atoms with E-state index in [-0.39, 0.29) is 23.8 Å². The van der Waals surface area contributed by atoms with Crippen LogP contribution in [0.25, 0.3) is 0 Å². The number of thiophene rings is 1. The van der Waals surface area contributed by atoms with Gasteiger partial charge in [0.25, 0.3) is 0 Å². The number of hydrogen-bond acceptors (Lipinski definition) is 4. The Labute approximate surface area is 158 Å². The lowest BCUT2D eigenvalue weighted by molar-refractivity contribution is -0.122. The molecule has 1 aliphatic heterocycles. The molecule has 2 heterocycles. The van der Waals surface area contributed by atoms with E-state index >= 15 is 0 Å². The van der Waals surface area contributed by atoms with Gasteiger partial charge in [-0.3, -0.25) is 14.5 Å². The van der Waals surface area contributed by atoms with E-state index in [0.717, 1.165) is 11.4 Å². The maximum absolute atomic E-state index is 12.3. The summed E-state index contributed by atoms with van der Waals surface area (Å²) in [6.45, 7) is 5.98. The van der Waals surface area contributed by atoms with Gasteiger partial charge in [0.1, 0.15) is 0 Å². The summed E-state index contributed by atoms with van der Waals surface area (Å²) >= 11 is 1.64. The number of likely N-dealkylation sites (tertiary alicyclic amines) is 1. The maximum Gasteiger partial charge on any atom is 0.234 e. The minimum absolute atomic E-state index is 0.0181. The van der Waals surface area contributed by atoms with Crippen LogP contribution < -0.4 is 10.6 Å². The summed E-state index contributed by atoms with van der Waals surface area (Å²) in [6, 6.07) is 12.5. The number of carbonyl (C=O) groups excluding carboxylic acids is 2. The predicted molar refractivity (Wildman–Crippen MR) is 104 cm³/mol. The van der Waals surface area contributed by atoms with Crippen LogP contribution in [0.15, 0.2) is 41.8 Å². The lowest BCUT2D eigenvalue weighted by Crippen LogP contribution is -2.40. The van der Waals surface area contributed by atoms with E-state index in [2.05, 4.69) is 46.7 Å². The Bertz CT molecular complexity index is 743. The van der Waals surface area contributed by atoms with Gasteiger partial charge in [0, 0.05) is 36.9 Å². The van der Waals surface area contributed by atoms with Crippen LogP contribution in [-0.4, -0.2) is 42.4 Å². The normalized spacial score (nSPS) is 20.1. The third-order valence-electron chi connectivity index (χ3n) is 4.70. The minimum Gasteiger partial charge on any atom is -0.352 e. The van der Waals surface area contributed by atoms with Gasteiger partial charge in [-0.1, -0.05) is 35.9 Å². The zero-order chi connectivity index (χ0) is 18.5. The Morgan fingerprint density at radius 1 is 1.19 bits per heavy atom. The summed E-state index contributed by atoms with van der Waals surface area (Å²) in [7, 11) is 0. The largest absolute Gasteiger partial charge is 0.352 e. The van der Waals surface area contributed by atoms with Crippen LogP contribution in [0.5, 0.6) is 0 Å². The van der Waals surface area contributed by atoms with Gasteiger partial charge in [-0.05, 0) is 23.9 Å². The van der Waals surface area contributed by atoms with Gasteiger partial charge in [0.05, 0.1) is 13.1 Å². The molecule has 1 aromatic heterocycles. The lowest BCUT2D eigenvalue weighted by Gasteiger charge is -2.19. The monoisotopic (exact) mass is 371 g/mol. The SMILES string of the molecule is CC(=O)N[C@@H]1CN(CC(=O)NCc2cccs2)C[C@H]1c1ccc(C)cc1. The lowest BCUT2D eigenvalue weighted by atomic mass is 9.93. The van der Waals surface area contributed by atoms with Crippen molar-refractivity contribution in [1.29, 1.82) is 0 Å². The highest BCUT2D eigenvalue weighted by atomic mass is 32.1. The average molecular weight is 372 g/mol. The Morgan fingerprint density at radius 2 is 1.96 bits per heavy atom. The molecule has 5 nitrogen and oxygen atoms in total. The Balaban J connectivity index is 1.60. The number of nitrogens with one attached hydrogen (secondary N) is 2. The summed E-state index contributed by atoms with van der Waals surface area (Å²) in [5.41, 5.74) is 2.42. The molecule has 2 aromatic rings. The first-order valence-electron chi connectivity index (χ1n) is 8.86. The van der Waals surface area contributed by atoms with Crippen LogP contribution >= 0.6 is 11.3 Å². The molecule has 0 unspecified atom stereocenters. The van der Waals surface area contributed by atoms with Crippen molar-refractivity contribution in [3.63, 3.8) is 0 Å². The first-order valence-corrected chi connectivity index (χ1v) is 9.74. The number of amides is 2. The van der Waals surface area contributed by atoms with Crippen molar-refractivity contribution in [3.05, 3.63) is 57.8 Å². The van der Waals surface area contributed by atoms with E-state index < -0.39 is 0 Å². The van der Waals surface area contributed by atoms with Crippen LogP contribution in [0.1, 0.15) is 28.8 Å². The molecule has 138 valence electrons. The molecule has 2 amide bonds. The fraction of sp³-hybridized carbons (Fsp3) is 0.400. The molecule has 2 N–H and O–H groups in total. The Morgan fingerprint density at radius 3 is 2.62 bits per heavy atom. The van der Waals surface area contributed by atoms with E-state index in [1.165, 1.54) is 11.1 Å². The standard InChI is InChI=1S/C20H25N3O2S/c1-14-5-7-16(8-6-14)18-11-23(12-19(18)22-15(2)24)13-20(25)21-10-17-4-3-9-26-17/h3-9,18-19H,10-13H2,1-2H3,(H,21,25)(H,22,24)/t18-,19+/m0/s1. The van der Waals surface area contributed by atoms with Gasteiger partial charge in [-0.25, -0.2) is 0 Å². The highest BCUT2D eigenvalue weighted by molar-refractivity contribution is 7.09. The molecule has 3 rings (SSSR count). The quantitative estimate of drug-likeness (QED) is 0.819. The van der Waals surface area contributed by atoms with Crippen molar-refractivity contribution < 1.29 is 9.59 Å². The summed E-state index contributed by atoms with van der Waals surface area (Å²) in [5, 5.41) is 8.03. The fourth-order valence-electron chi connectivity index (χ4n) is 3.43. The molecule has 0 bridgehead atoms. The molecule has 26 heavy (non-hydrogen) atoms. The summed E-state index contributed by atoms with van der Waals surface area (Å²) in [4.78, 5) is 27.1. The van der Waals surface area contributed by atoms with E-state index in [9.17, 15) is 9.59 Å². The number of hydrogen-bond donors (Lipinski definition) is 2. The van der Waals surface area contributed by atoms with Gasteiger partial charge >= 0.3 is 0 Å². The molecule has 1 fully saturated rings. The summed E-state index contributed by atoms with van der Waals surface area (Å²) in [6.07, 6.45) is 0. The zero-order valence-electron chi connectivity index (χ0n) is 15.2.